The maximum Gasteiger partial charge on any atom is 0.261 e. The molecule has 21 heavy (non-hydrogen) atoms. The summed E-state index contributed by atoms with van der Waals surface area (Å²) in [6, 6.07) is 11.9. The number of carbonyl (C=O) groups excluding carboxylic acids is 1. The Bertz CT molecular complexity index is 577. The van der Waals surface area contributed by atoms with Crippen molar-refractivity contribution in [1.29, 1.82) is 0 Å². The zero-order valence-electron chi connectivity index (χ0n) is 12.4. The SMILES string of the molecule is CC(O)CC(C)CNC(=O)c1sccc1-c1ccccc1. The van der Waals surface area contributed by atoms with Crippen LogP contribution < -0.4 is 5.32 Å². The summed E-state index contributed by atoms with van der Waals surface area (Å²) >= 11 is 1.46. The first kappa shape index (κ1) is 15.7. The number of aliphatic hydroxyl groups excluding tert-OH is 1. The molecule has 0 aliphatic rings. The molecule has 2 unspecified atom stereocenters. The van der Waals surface area contributed by atoms with E-state index in [9.17, 15) is 9.90 Å². The Morgan fingerprint density at radius 2 is 1.95 bits per heavy atom. The summed E-state index contributed by atoms with van der Waals surface area (Å²) in [7, 11) is 0. The Morgan fingerprint density at radius 1 is 1.24 bits per heavy atom. The van der Waals surface area contributed by atoms with Crippen molar-refractivity contribution in [3.8, 4) is 11.1 Å². The highest BCUT2D eigenvalue weighted by molar-refractivity contribution is 7.12. The molecule has 1 aromatic heterocycles. The van der Waals surface area contributed by atoms with E-state index in [0.29, 0.717) is 13.0 Å². The molecule has 1 aromatic carbocycles. The summed E-state index contributed by atoms with van der Waals surface area (Å²) in [5, 5.41) is 14.3. The Balaban J connectivity index is 2.03. The van der Waals surface area contributed by atoms with Gasteiger partial charge in [0.15, 0.2) is 0 Å². The van der Waals surface area contributed by atoms with Crippen molar-refractivity contribution in [3.05, 3.63) is 46.7 Å². The van der Waals surface area contributed by atoms with Crippen molar-refractivity contribution in [2.45, 2.75) is 26.4 Å². The van der Waals surface area contributed by atoms with E-state index in [0.717, 1.165) is 16.0 Å². The molecule has 0 fully saturated rings. The first-order chi connectivity index (χ1) is 10.1. The highest BCUT2D eigenvalue weighted by Gasteiger charge is 2.15. The van der Waals surface area contributed by atoms with Gasteiger partial charge in [-0.2, -0.15) is 0 Å². The predicted octanol–water partition coefficient (Wildman–Crippen LogP) is 3.55. The lowest BCUT2D eigenvalue weighted by atomic mass is 10.0. The van der Waals surface area contributed by atoms with Crippen LogP contribution in [0.5, 0.6) is 0 Å². The Hall–Kier alpha value is -1.65. The van der Waals surface area contributed by atoms with E-state index >= 15 is 0 Å². The third-order valence-corrected chi connectivity index (χ3v) is 4.22. The number of nitrogens with one attached hydrogen (secondary N) is 1. The molecule has 3 nitrogen and oxygen atoms in total. The van der Waals surface area contributed by atoms with Crippen LogP contribution in [0, 0.1) is 5.92 Å². The molecular formula is C17H21NO2S. The average molecular weight is 303 g/mol. The van der Waals surface area contributed by atoms with Gasteiger partial charge in [0.1, 0.15) is 0 Å². The van der Waals surface area contributed by atoms with Gasteiger partial charge in [-0.05, 0) is 36.3 Å². The van der Waals surface area contributed by atoms with Gasteiger partial charge < -0.3 is 10.4 Å². The number of benzene rings is 1. The number of hydrogen-bond donors (Lipinski definition) is 2. The summed E-state index contributed by atoms with van der Waals surface area (Å²) in [5.41, 5.74) is 2.03. The predicted molar refractivity (Wildman–Crippen MR) is 87.6 cm³/mol. The second kappa shape index (κ2) is 7.38. The van der Waals surface area contributed by atoms with Crippen LogP contribution in [0.2, 0.25) is 0 Å². The molecule has 1 heterocycles. The summed E-state index contributed by atoms with van der Waals surface area (Å²) in [5.74, 6) is 0.218. The maximum absolute atomic E-state index is 12.3. The van der Waals surface area contributed by atoms with E-state index in [1.54, 1.807) is 6.92 Å². The minimum absolute atomic E-state index is 0.0405. The molecule has 0 saturated carbocycles. The molecule has 0 spiro atoms. The lowest BCUT2D eigenvalue weighted by Crippen LogP contribution is -2.29. The van der Waals surface area contributed by atoms with Crippen LogP contribution in [-0.2, 0) is 0 Å². The second-order valence-electron chi connectivity index (χ2n) is 5.43. The fourth-order valence-corrected chi connectivity index (χ4v) is 3.18. The van der Waals surface area contributed by atoms with Gasteiger partial charge in [0.25, 0.3) is 5.91 Å². The Kier molecular flexibility index (Phi) is 5.53. The molecule has 2 atom stereocenters. The summed E-state index contributed by atoms with van der Waals surface area (Å²) in [6.45, 7) is 4.38. The zero-order valence-corrected chi connectivity index (χ0v) is 13.2. The Morgan fingerprint density at radius 3 is 2.62 bits per heavy atom. The summed E-state index contributed by atoms with van der Waals surface area (Å²) in [6.07, 6.45) is 0.356. The summed E-state index contributed by atoms with van der Waals surface area (Å²) < 4.78 is 0. The van der Waals surface area contributed by atoms with Crippen molar-refractivity contribution in [3.63, 3.8) is 0 Å². The number of thiophene rings is 1. The molecule has 0 aliphatic heterocycles. The molecule has 0 aliphatic carbocycles. The standard InChI is InChI=1S/C17H21NO2S/c1-12(10-13(2)19)11-18-17(20)16-15(8-9-21-16)14-6-4-3-5-7-14/h3-9,12-13,19H,10-11H2,1-2H3,(H,18,20). The minimum atomic E-state index is -0.335. The van der Waals surface area contributed by atoms with Crippen molar-refractivity contribution in [2.24, 2.45) is 5.92 Å². The largest absolute Gasteiger partial charge is 0.393 e. The van der Waals surface area contributed by atoms with Crippen LogP contribution in [0.25, 0.3) is 11.1 Å². The lowest BCUT2D eigenvalue weighted by Gasteiger charge is -2.14. The van der Waals surface area contributed by atoms with Gasteiger partial charge in [0.2, 0.25) is 0 Å². The highest BCUT2D eigenvalue weighted by atomic mass is 32.1. The molecule has 2 N–H and O–H groups in total. The van der Waals surface area contributed by atoms with E-state index in [1.807, 2.05) is 48.7 Å². The third-order valence-electron chi connectivity index (χ3n) is 3.31. The van der Waals surface area contributed by atoms with Crippen molar-refractivity contribution in [1.82, 2.24) is 5.32 Å². The average Bonchev–Trinajstić information content (AvgIpc) is 2.94. The topological polar surface area (TPSA) is 49.3 Å². The molecular weight excluding hydrogens is 282 g/mol. The quantitative estimate of drug-likeness (QED) is 0.857. The molecule has 2 rings (SSSR count). The van der Waals surface area contributed by atoms with Gasteiger partial charge in [-0.25, -0.2) is 0 Å². The minimum Gasteiger partial charge on any atom is -0.393 e. The van der Waals surface area contributed by atoms with E-state index in [4.69, 9.17) is 0 Å². The molecule has 112 valence electrons. The van der Waals surface area contributed by atoms with E-state index < -0.39 is 0 Å². The van der Waals surface area contributed by atoms with Gasteiger partial charge in [-0.15, -0.1) is 11.3 Å². The Labute approximate surface area is 129 Å². The fourth-order valence-electron chi connectivity index (χ4n) is 2.34. The fraction of sp³-hybridized carbons (Fsp3) is 0.353. The number of amides is 1. The van der Waals surface area contributed by atoms with Crippen LogP contribution >= 0.6 is 11.3 Å². The first-order valence-electron chi connectivity index (χ1n) is 7.17. The number of aliphatic hydroxyl groups is 1. The number of rotatable bonds is 6. The number of hydrogen-bond acceptors (Lipinski definition) is 3. The third kappa shape index (κ3) is 4.41. The molecule has 4 heteroatoms. The highest BCUT2D eigenvalue weighted by Crippen LogP contribution is 2.28. The van der Waals surface area contributed by atoms with Gasteiger partial charge >= 0.3 is 0 Å². The van der Waals surface area contributed by atoms with Gasteiger partial charge in [-0.1, -0.05) is 37.3 Å². The van der Waals surface area contributed by atoms with Crippen LogP contribution in [0.1, 0.15) is 29.9 Å². The van der Waals surface area contributed by atoms with Crippen LogP contribution in [0.15, 0.2) is 41.8 Å². The van der Waals surface area contributed by atoms with E-state index in [1.165, 1.54) is 11.3 Å². The van der Waals surface area contributed by atoms with Gasteiger partial charge in [0.05, 0.1) is 11.0 Å². The first-order valence-corrected chi connectivity index (χ1v) is 8.05. The van der Waals surface area contributed by atoms with Crippen LogP contribution in [-0.4, -0.2) is 23.7 Å². The molecule has 2 aromatic rings. The second-order valence-corrected chi connectivity index (χ2v) is 6.35. The summed E-state index contributed by atoms with van der Waals surface area (Å²) in [4.78, 5) is 13.1. The normalized spacial score (nSPS) is 13.7. The molecule has 0 bridgehead atoms. The van der Waals surface area contributed by atoms with E-state index in [-0.39, 0.29) is 17.9 Å². The monoisotopic (exact) mass is 303 g/mol. The van der Waals surface area contributed by atoms with Crippen LogP contribution in [0.3, 0.4) is 0 Å². The lowest BCUT2D eigenvalue weighted by molar-refractivity contribution is 0.0944. The van der Waals surface area contributed by atoms with Crippen molar-refractivity contribution < 1.29 is 9.90 Å². The smallest absolute Gasteiger partial charge is 0.261 e. The van der Waals surface area contributed by atoms with Gasteiger partial charge in [-0.3, -0.25) is 4.79 Å². The molecule has 0 saturated heterocycles. The number of carbonyl (C=O) groups is 1. The van der Waals surface area contributed by atoms with Crippen molar-refractivity contribution in [2.75, 3.05) is 6.54 Å². The maximum atomic E-state index is 12.3. The van der Waals surface area contributed by atoms with E-state index in [2.05, 4.69) is 5.32 Å². The molecule has 0 radical (unpaired) electrons. The van der Waals surface area contributed by atoms with Crippen molar-refractivity contribution >= 4 is 17.2 Å². The zero-order chi connectivity index (χ0) is 15.2. The van der Waals surface area contributed by atoms with Gasteiger partial charge in [0, 0.05) is 12.1 Å². The van der Waals surface area contributed by atoms with Crippen LogP contribution in [0.4, 0.5) is 0 Å². The molecule has 1 amide bonds.